The SMILES string of the molecule is CNC(C(=O)N[C@H](C(=O)N(C)[C@H](/C=C(\C)C(=O)OC)C(C)C)C(C)(C)C)C(C)(C)c1cccc(NC(=O)OCc2ccc(NC(=O)[C@H](C)NC(=O)[C@@H](N)C(C)C)cc2)c1. The lowest BCUT2D eigenvalue weighted by Crippen LogP contribution is -2.61. The normalized spacial score (nSPS) is 14.6. The molecule has 2 aromatic carbocycles. The highest BCUT2D eigenvalue weighted by molar-refractivity contribution is 5.97. The molecule has 0 radical (unpaired) electrons. The van der Waals surface area contributed by atoms with E-state index in [-0.39, 0.29) is 24.3 Å². The third-order valence-electron chi connectivity index (χ3n) is 10.3. The smallest absolute Gasteiger partial charge is 0.411 e. The lowest BCUT2D eigenvalue weighted by molar-refractivity contribution is -0.141. The summed E-state index contributed by atoms with van der Waals surface area (Å²) in [6.07, 6.45) is 1.02. The summed E-state index contributed by atoms with van der Waals surface area (Å²) < 4.78 is 10.3. The molecule has 5 atom stereocenters. The van der Waals surface area contributed by atoms with Crippen LogP contribution < -0.4 is 32.3 Å². The molecule has 59 heavy (non-hydrogen) atoms. The fraction of sp³-hybridized carbons (Fsp3) is 0.545. The summed E-state index contributed by atoms with van der Waals surface area (Å²) in [7, 11) is 4.64. The van der Waals surface area contributed by atoms with Crippen molar-refractivity contribution in [3.63, 3.8) is 0 Å². The second-order valence-corrected chi connectivity index (χ2v) is 17.2. The van der Waals surface area contributed by atoms with Gasteiger partial charge in [-0.1, -0.05) is 92.7 Å². The van der Waals surface area contributed by atoms with E-state index in [1.165, 1.54) is 7.11 Å². The summed E-state index contributed by atoms with van der Waals surface area (Å²) in [5, 5.41) is 14.3. The predicted molar refractivity (Wildman–Crippen MR) is 230 cm³/mol. The van der Waals surface area contributed by atoms with E-state index in [1.54, 1.807) is 81.4 Å². The van der Waals surface area contributed by atoms with Crippen LogP contribution >= 0.6 is 0 Å². The first-order valence-electron chi connectivity index (χ1n) is 19.9. The largest absolute Gasteiger partial charge is 0.466 e. The van der Waals surface area contributed by atoms with E-state index in [9.17, 15) is 28.8 Å². The van der Waals surface area contributed by atoms with E-state index in [0.717, 1.165) is 5.56 Å². The van der Waals surface area contributed by atoms with E-state index in [4.69, 9.17) is 15.2 Å². The molecule has 15 heteroatoms. The van der Waals surface area contributed by atoms with Gasteiger partial charge in [0.2, 0.25) is 23.6 Å². The number of likely N-dealkylation sites (N-methyl/N-ethyl adjacent to an activating group) is 2. The van der Waals surface area contributed by atoms with Gasteiger partial charge >= 0.3 is 12.1 Å². The second-order valence-electron chi connectivity index (χ2n) is 17.2. The molecule has 0 saturated carbocycles. The molecule has 0 aliphatic heterocycles. The van der Waals surface area contributed by atoms with Crippen LogP contribution in [0.1, 0.15) is 87.3 Å². The average Bonchev–Trinajstić information content (AvgIpc) is 3.16. The summed E-state index contributed by atoms with van der Waals surface area (Å²) in [6, 6.07) is 10.2. The van der Waals surface area contributed by atoms with E-state index in [0.29, 0.717) is 22.5 Å². The van der Waals surface area contributed by atoms with Crippen LogP contribution in [0.15, 0.2) is 60.2 Å². The van der Waals surface area contributed by atoms with Crippen molar-refractivity contribution in [3.05, 3.63) is 71.3 Å². The Morgan fingerprint density at radius 1 is 0.797 bits per heavy atom. The monoisotopic (exact) mass is 822 g/mol. The maximum Gasteiger partial charge on any atom is 0.411 e. The molecule has 2 rings (SSSR count). The highest BCUT2D eigenvalue weighted by Crippen LogP contribution is 2.31. The zero-order chi connectivity index (χ0) is 45.0. The Labute approximate surface area is 350 Å². The van der Waals surface area contributed by atoms with Crippen molar-refractivity contribution in [1.82, 2.24) is 20.9 Å². The molecular weight excluding hydrogens is 755 g/mol. The molecule has 0 spiro atoms. The van der Waals surface area contributed by atoms with Crippen LogP contribution in [0.5, 0.6) is 0 Å². The second kappa shape index (κ2) is 21.6. The molecular formula is C44H67N7O8. The number of nitrogens with zero attached hydrogens (tertiary/aromatic N) is 1. The Hall–Kier alpha value is -5.28. The fourth-order valence-corrected chi connectivity index (χ4v) is 6.36. The summed E-state index contributed by atoms with van der Waals surface area (Å²) >= 11 is 0. The van der Waals surface area contributed by atoms with Crippen LogP contribution in [0.2, 0.25) is 0 Å². The number of methoxy groups -OCH3 is 1. The number of hydrogen-bond acceptors (Lipinski definition) is 10. The van der Waals surface area contributed by atoms with Crippen molar-refractivity contribution in [2.75, 3.05) is 31.8 Å². The molecule has 0 saturated heterocycles. The van der Waals surface area contributed by atoms with Crippen molar-refractivity contribution in [3.8, 4) is 0 Å². The van der Waals surface area contributed by atoms with Gasteiger partial charge in [-0.05, 0) is 73.5 Å². The van der Waals surface area contributed by atoms with E-state index < -0.39 is 70.8 Å². The minimum absolute atomic E-state index is 0.0396. The molecule has 1 unspecified atom stereocenters. The molecule has 7 N–H and O–H groups in total. The summed E-state index contributed by atoms with van der Waals surface area (Å²) in [4.78, 5) is 79.7. The van der Waals surface area contributed by atoms with Gasteiger partial charge < -0.3 is 41.4 Å². The minimum atomic E-state index is -0.908. The molecule has 0 fully saturated rings. The van der Waals surface area contributed by atoms with Gasteiger partial charge in [0, 0.05) is 29.4 Å². The van der Waals surface area contributed by atoms with Crippen LogP contribution in [0.25, 0.3) is 0 Å². The Kier molecular flexibility index (Phi) is 18.3. The van der Waals surface area contributed by atoms with Crippen LogP contribution in [0.4, 0.5) is 16.2 Å². The van der Waals surface area contributed by atoms with Gasteiger partial charge in [-0.25, -0.2) is 9.59 Å². The number of anilines is 2. The Balaban J connectivity index is 2.13. The topological polar surface area (TPSA) is 210 Å². The number of rotatable bonds is 18. The molecule has 0 bridgehead atoms. The quantitative estimate of drug-likeness (QED) is 0.0889. The number of ether oxygens (including phenoxy) is 2. The van der Waals surface area contributed by atoms with Gasteiger partial charge in [0.05, 0.1) is 25.2 Å². The fourth-order valence-electron chi connectivity index (χ4n) is 6.36. The number of carbonyl (C=O) groups excluding carboxylic acids is 6. The van der Waals surface area contributed by atoms with Gasteiger partial charge in [0.15, 0.2) is 0 Å². The zero-order valence-electron chi connectivity index (χ0n) is 37.2. The van der Waals surface area contributed by atoms with Crippen molar-refractivity contribution in [2.45, 2.75) is 118 Å². The molecule has 2 aromatic rings. The predicted octanol–water partition coefficient (Wildman–Crippen LogP) is 4.86. The highest BCUT2D eigenvalue weighted by atomic mass is 16.5. The van der Waals surface area contributed by atoms with Gasteiger partial charge in [0.25, 0.3) is 0 Å². The van der Waals surface area contributed by atoms with Crippen molar-refractivity contribution >= 4 is 47.1 Å². The van der Waals surface area contributed by atoms with E-state index in [1.807, 2.05) is 68.4 Å². The van der Waals surface area contributed by atoms with Gasteiger partial charge in [-0.3, -0.25) is 24.5 Å². The molecule has 15 nitrogen and oxygen atoms in total. The Bertz CT molecular complexity index is 1820. The number of carbonyl (C=O) groups is 6. The molecule has 0 heterocycles. The number of nitrogens with one attached hydrogen (secondary N) is 5. The van der Waals surface area contributed by atoms with Gasteiger partial charge in [-0.2, -0.15) is 0 Å². The van der Waals surface area contributed by atoms with Crippen LogP contribution in [-0.2, 0) is 45.5 Å². The lowest BCUT2D eigenvalue weighted by Gasteiger charge is -2.40. The Morgan fingerprint density at radius 2 is 1.41 bits per heavy atom. The number of benzene rings is 2. The summed E-state index contributed by atoms with van der Waals surface area (Å²) in [6.45, 7) is 20.1. The minimum Gasteiger partial charge on any atom is -0.466 e. The first-order chi connectivity index (χ1) is 27.3. The van der Waals surface area contributed by atoms with Crippen LogP contribution in [0.3, 0.4) is 0 Å². The molecule has 0 aromatic heterocycles. The average molecular weight is 822 g/mol. The standard InChI is InChI=1S/C44H67N7O8/c1-25(2)33(22-27(5)41(56)58-14)51(13)40(55)36(43(7,8)9)50-39(54)35(46-12)44(10,11)30-16-15-17-32(23-30)49-42(57)59-24-29-18-20-31(21-19-29)48-37(52)28(6)47-38(53)34(45)26(3)4/h15-23,25-26,28,33-36,46H,24,45H2,1-14H3,(H,47,53)(H,48,52)(H,49,57)(H,50,54)/b27-22+/t28-,33+,34-,35?,36+/m0/s1. The number of hydrogen-bond donors (Lipinski definition) is 6. The first kappa shape index (κ1) is 49.9. The van der Waals surface area contributed by atoms with Gasteiger partial charge in [-0.15, -0.1) is 0 Å². The van der Waals surface area contributed by atoms with Crippen molar-refractivity contribution < 1.29 is 38.2 Å². The summed E-state index contributed by atoms with van der Waals surface area (Å²) in [5.74, 6) is -2.11. The highest BCUT2D eigenvalue weighted by Gasteiger charge is 2.42. The molecule has 326 valence electrons. The molecule has 0 aliphatic carbocycles. The first-order valence-corrected chi connectivity index (χ1v) is 19.9. The number of nitrogens with two attached hydrogens (primary N) is 1. The maximum atomic E-state index is 14.1. The van der Waals surface area contributed by atoms with Crippen molar-refractivity contribution in [2.24, 2.45) is 23.0 Å². The maximum absolute atomic E-state index is 14.1. The summed E-state index contributed by atoms with van der Waals surface area (Å²) in [5.41, 5.74) is 7.09. The third kappa shape index (κ3) is 14.2. The zero-order valence-corrected chi connectivity index (χ0v) is 37.2. The van der Waals surface area contributed by atoms with Gasteiger partial charge in [0.1, 0.15) is 18.7 Å². The van der Waals surface area contributed by atoms with Crippen LogP contribution in [-0.4, -0.2) is 92.0 Å². The van der Waals surface area contributed by atoms with E-state index >= 15 is 0 Å². The third-order valence-corrected chi connectivity index (χ3v) is 10.3. The molecule has 5 amide bonds. The lowest BCUT2D eigenvalue weighted by atomic mass is 9.76. The number of esters is 1. The van der Waals surface area contributed by atoms with Crippen molar-refractivity contribution in [1.29, 1.82) is 0 Å². The number of amides is 5. The van der Waals surface area contributed by atoms with E-state index in [2.05, 4.69) is 26.6 Å². The Morgan fingerprint density at radius 3 is 1.93 bits per heavy atom. The van der Waals surface area contributed by atoms with Crippen LogP contribution in [0, 0.1) is 17.3 Å². The molecule has 0 aliphatic rings.